The van der Waals surface area contributed by atoms with Gasteiger partial charge in [-0.05, 0) is 44.1 Å². The van der Waals surface area contributed by atoms with Crippen LogP contribution in [0.2, 0.25) is 0 Å². The lowest BCUT2D eigenvalue weighted by atomic mass is 9.96. The molecular formula is C16H21N3O3S2. The van der Waals surface area contributed by atoms with Crippen LogP contribution in [0.3, 0.4) is 0 Å². The van der Waals surface area contributed by atoms with Crippen LogP contribution in [0.1, 0.15) is 41.7 Å². The van der Waals surface area contributed by atoms with Gasteiger partial charge in [0.1, 0.15) is 11.1 Å². The van der Waals surface area contributed by atoms with Gasteiger partial charge in [0.25, 0.3) is 0 Å². The number of thiophene rings is 1. The van der Waals surface area contributed by atoms with Gasteiger partial charge in [0.05, 0.1) is 17.7 Å². The van der Waals surface area contributed by atoms with E-state index in [1.54, 1.807) is 0 Å². The molecule has 2 aliphatic rings. The summed E-state index contributed by atoms with van der Waals surface area (Å²) in [7, 11) is -3.28. The summed E-state index contributed by atoms with van der Waals surface area (Å²) < 4.78 is 24.8. The van der Waals surface area contributed by atoms with E-state index < -0.39 is 10.0 Å². The number of carbonyl (C=O) groups excluding carboxylic acids is 1. The molecule has 1 aromatic heterocycles. The van der Waals surface area contributed by atoms with Crippen LogP contribution in [0.5, 0.6) is 0 Å². The lowest BCUT2D eigenvalue weighted by Gasteiger charge is -2.29. The summed E-state index contributed by atoms with van der Waals surface area (Å²) in [6.07, 6.45) is 6.59. The molecule has 24 heavy (non-hydrogen) atoms. The molecule has 0 spiro atoms. The maximum atomic E-state index is 12.6. The number of carbonyl (C=O) groups is 1. The van der Waals surface area contributed by atoms with E-state index in [0.717, 1.165) is 31.2 Å². The van der Waals surface area contributed by atoms with Crippen LogP contribution in [0.15, 0.2) is 0 Å². The van der Waals surface area contributed by atoms with E-state index in [9.17, 15) is 18.5 Å². The average Bonchev–Trinajstić information content (AvgIpc) is 2.91. The highest BCUT2D eigenvalue weighted by Gasteiger charge is 2.31. The van der Waals surface area contributed by atoms with Crippen molar-refractivity contribution in [3.8, 4) is 6.07 Å². The lowest BCUT2D eigenvalue weighted by Crippen LogP contribution is -2.43. The van der Waals surface area contributed by atoms with Gasteiger partial charge in [-0.3, -0.25) is 4.79 Å². The zero-order chi connectivity index (χ0) is 17.3. The second-order valence-corrected chi connectivity index (χ2v) is 9.56. The number of sulfonamides is 1. The SMILES string of the molecule is CS(=O)(=O)N1CCCC(C(=O)Nc2sc3c(c2C#N)CCCC3)C1. The molecule has 1 aliphatic carbocycles. The highest BCUT2D eigenvalue weighted by Crippen LogP contribution is 2.38. The molecule has 8 heteroatoms. The Morgan fingerprint density at radius 1 is 1.33 bits per heavy atom. The maximum absolute atomic E-state index is 12.6. The fraction of sp³-hybridized carbons (Fsp3) is 0.625. The Hall–Kier alpha value is -1.43. The summed E-state index contributed by atoms with van der Waals surface area (Å²) in [5.41, 5.74) is 1.68. The Balaban J connectivity index is 1.76. The fourth-order valence-electron chi connectivity index (χ4n) is 3.44. The molecular weight excluding hydrogens is 346 g/mol. The molecule has 1 aromatic rings. The van der Waals surface area contributed by atoms with Crippen LogP contribution >= 0.6 is 11.3 Å². The number of piperidine rings is 1. The predicted molar refractivity (Wildman–Crippen MR) is 93.4 cm³/mol. The van der Waals surface area contributed by atoms with Crippen molar-refractivity contribution in [3.63, 3.8) is 0 Å². The minimum Gasteiger partial charge on any atom is -0.316 e. The number of rotatable bonds is 3. The fourth-order valence-corrected chi connectivity index (χ4v) is 5.60. The van der Waals surface area contributed by atoms with E-state index in [-0.39, 0.29) is 18.4 Å². The van der Waals surface area contributed by atoms with E-state index in [1.807, 2.05) is 0 Å². The minimum absolute atomic E-state index is 0.182. The summed E-state index contributed by atoms with van der Waals surface area (Å²) in [5, 5.41) is 13.0. The number of hydrogen-bond donors (Lipinski definition) is 1. The minimum atomic E-state index is -3.28. The maximum Gasteiger partial charge on any atom is 0.229 e. The molecule has 1 saturated heterocycles. The van der Waals surface area contributed by atoms with Crippen LogP contribution in [0, 0.1) is 17.2 Å². The van der Waals surface area contributed by atoms with Gasteiger partial charge in [-0.1, -0.05) is 0 Å². The molecule has 0 saturated carbocycles. The van der Waals surface area contributed by atoms with Crippen molar-refractivity contribution in [2.75, 3.05) is 24.7 Å². The Bertz CT molecular complexity index is 792. The van der Waals surface area contributed by atoms with Crippen LogP contribution < -0.4 is 5.32 Å². The Kier molecular flexibility index (Phi) is 4.95. The highest BCUT2D eigenvalue weighted by atomic mass is 32.2. The van der Waals surface area contributed by atoms with E-state index in [4.69, 9.17) is 0 Å². The third-order valence-corrected chi connectivity index (χ3v) is 7.22. The molecule has 1 N–H and O–H groups in total. The Labute approximate surface area is 146 Å². The van der Waals surface area contributed by atoms with Crippen molar-refractivity contribution in [1.82, 2.24) is 4.31 Å². The third-order valence-electron chi connectivity index (χ3n) is 4.74. The first-order valence-electron chi connectivity index (χ1n) is 8.20. The number of aryl methyl sites for hydroxylation is 1. The number of fused-ring (bicyclic) bond motifs is 1. The number of nitriles is 1. The predicted octanol–water partition coefficient (Wildman–Crippen LogP) is 2.11. The van der Waals surface area contributed by atoms with Gasteiger partial charge in [0.2, 0.25) is 15.9 Å². The first-order valence-corrected chi connectivity index (χ1v) is 10.9. The standard InChI is InChI=1S/C16H21N3O3S2/c1-24(21,22)19-8-4-5-11(10-19)15(20)18-16-13(9-17)12-6-2-3-7-14(12)23-16/h11H,2-8,10H2,1H3,(H,18,20). The topological polar surface area (TPSA) is 90.3 Å². The molecule has 0 radical (unpaired) electrons. The highest BCUT2D eigenvalue weighted by molar-refractivity contribution is 7.88. The van der Waals surface area contributed by atoms with Gasteiger partial charge in [-0.2, -0.15) is 5.26 Å². The van der Waals surface area contributed by atoms with Crippen molar-refractivity contribution in [3.05, 3.63) is 16.0 Å². The van der Waals surface area contributed by atoms with Crippen molar-refractivity contribution in [2.24, 2.45) is 5.92 Å². The van der Waals surface area contributed by atoms with Crippen LogP contribution in [0.4, 0.5) is 5.00 Å². The average molecular weight is 367 g/mol. The zero-order valence-electron chi connectivity index (χ0n) is 13.7. The van der Waals surface area contributed by atoms with Crippen LogP contribution in [-0.4, -0.2) is 38.0 Å². The van der Waals surface area contributed by atoms with Crippen molar-refractivity contribution in [2.45, 2.75) is 38.5 Å². The van der Waals surface area contributed by atoms with Gasteiger partial charge in [0.15, 0.2) is 0 Å². The van der Waals surface area contributed by atoms with Gasteiger partial charge >= 0.3 is 0 Å². The first-order chi connectivity index (χ1) is 11.4. The Morgan fingerprint density at radius 2 is 2.08 bits per heavy atom. The van der Waals surface area contributed by atoms with Crippen LogP contribution in [-0.2, 0) is 27.7 Å². The summed E-state index contributed by atoms with van der Waals surface area (Å²) >= 11 is 1.50. The molecule has 1 unspecified atom stereocenters. The van der Waals surface area contributed by atoms with E-state index in [1.165, 1.54) is 26.8 Å². The van der Waals surface area contributed by atoms with E-state index in [2.05, 4.69) is 11.4 Å². The summed E-state index contributed by atoms with van der Waals surface area (Å²) in [6, 6.07) is 2.23. The monoisotopic (exact) mass is 367 g/mol. The summed E-state index contributed by atoms with van der Waals surface area (Å²) in [4.78, 5) is 13.8. The van der Waals surface area contributed by atoms with Crippen LogP contribution in [0.25, 0.3) is 0 Å². The quantitative estimate of drug-likeness (QED) is 0.886. The van der Waals surface area contributed by atoms with Gasteiger partial charge < -0.3 is 5.32 Å². The molecule has 1 fully saturated rings. The summed E-state index contributed by atoms with van der Waals surface area (Å²) in [6.45, 7) is 0.691. The third kappa shape index (κ3) is 3.48. The smallest absolute Gasteiger partial charge is 0.229 e. The summed E-state index contributed by atoms with van der Waals surface area (Å²) in [5.74, 6) is -0.544. The van der Waals surface area contributed by atoms with Gasteiger partial charge in [-0.25, -0.2) is 12.7 Å². The van der Waals surface area contributed by atoms with E-state index >= 15 is 0 Å². The molecule has 1 amide bonds. The number of anilines is 1. The van der Waals surface area contributed by atoms with Gasteiger partial charge in [0, 0.05) is 18.0 Å². The second kappa shape index (κ2) is 6.82. The number of hydrogen-bond acceptors (Lipinski definition) is 5. The Morgan fingerprint density at radius 3 is 2.79 bits per heavy atom. The normalized spacial score (nSPS) is 21.8. The van der Waals surface area contributed by atoms with Crippen molar-refractivity contribution < 1.29 is 13.2 Å². The molecule has 6 nitrogen and oxygen atoms in total. The number of nitrogens with zero attached hydrogens (tertiary/aromatic N) is 2. The largest absolute Gasteiger partial charge is 0.316 e. The molecule has 2 heterocycles. The molecule has 0 bridgehead atoms. The lowest BCUT2D eigenvalue weighted by molar-refractivity contribution is -0.120. The number of amides is 1. The molecule has 1 atom stereocenters. The van der Waals surface area contributed by atoms with Crippen molar-refractivity contribution in [1.29, 1.82) is 5.26 Å². The van der Waals surface area contributed by atoms with E-state index in [0.29, 0.717) is 30.0 Å². The van der Waals surface area contributed by atoms with Crippen molar-refractivity contribution >= 4 is 32.3 Å². The first kappa shape index (κ1) is 17.4. The molecule has 1 aliphatic heterocycles. The molecule has 130 valence electrons. The zero-order valence-corrected chi connectivity index (χ0v) is 15.3. The molecule has 3 rings (SSSR count). The van der Waals surface area contributed by atoms with Gasteiger partial charge in [-0.15, -0.1) is 11.3 Å². The second-order valence-electron chi connectivity index (χ2n) is 6.48. The molecule has 0 aromatic carbocycles. The number of nitrogens with one attached hydrogen (secondary N) is 1.